The highest BCUT2D eigenvalue weighted by Gasteiger charge is 2.13. The van der Waals surface area contributed by atoms with Crippen LogP contribution in [0.25, 0.3) is 6.08 Å². The van der Waals surface area contributed by atoms with Gasteiger partial charge < -0.3 is 5.11 Å². The first kappa shape index (κ1) is 12.4. The van der Waals surface area contributed by atoms with E-state index in [9.17, 15) is 14.9 Å². The summed E-state index contributed by atoms with van der Waals surface area (Å²) in [4.78, 5) is 20.5. The summed E-state index contributed by atoms with van der Waals surface area (Å²) in [6.07, 6.45) is 2.06. The van der Waals surface area contributed by atoms with Gasteiger partial charge in [0, 0.05) is 16.6 Å². The standard InChI is InChI=1S/C10H8BrNO4/c1-6-4-9(12(15)16)7(5-8(6)11)2-3-10(13)14/h2-5H,1H3,(H,13,14)/b3-2+. The Labute approximate surface area is 99.7 Å². The predicted octanol–water partition coefficient (Wildman–Crippen LogP) is 2.76. The fourth-order valence-corrected chi connectivity index (χ4v) is 1.50. The van der Waals surface area contributed by atoms with E-state index >= 15 is 0 Å². The van der Waals surface area contributed by atoms with E-state index < -0.39 is 10.9 Å². The number of carbonyl (C=O) groups is 1. The van der Waals surface area contributed by atoms with Gasteiger partial charge in [-0.1, -0.05) is 15.9 Å². The molecule has 0 spiro atoms. The molecule has 0 radical (unpaired) electrons. The summed E-state index contributed by atoms with van der Waals surface area (Å²) >= 11 is 3.23. The third-order valence-electron chi connectivity index (χ3n) is 1.91. The molecule has 1 aromatic rings. The Morgan fingerprint density at radius 2 is 2.19 bits per heavy atom. The van der Waals surface area contributed by atoms with Crippen molar-refractivity contribution in [1.82, 2.24) is 0 Å². The van der Waals surface area contributed by atoms with Crippen molar-refractivity contribution in [2.75, 3.05) is 0 Å². The molecular weight excluding hydrogens is 278 g/mol. The number of benzene rings is 1. The zero-order valence-electron chi connectivity index (χ0n) is 8.31. The topological polar surface area (TPSA) is 80.4 Å². The fourth-order valence-electron chi connectivity index (χ4n) is 1.13. The Balaban J connectivity index is 3.30. The highest BCUT2D eigenvalue weighted by atomic mass is 79.9. The molecule has 6 heteroatoms. The lowest BCUT2D eigenvalue weighted by Crippen LogP contribution is -1.94. The number of hydrogen-bond acceptors (Lipinski definition) is 3. The maximum absolute atomic E-state index is 10.7. The summed E-state index contributed by atoms with van der Waals surface area (Å²) in [5.41, 5.74) is 0.863. The van der Waals surface area contributed by atoms with Crippen LogP contribution >= 0.6 is 15.9 Å². The van der Waals surface area contributed by atoms with Crippen LogP contribution in [0.1, 0.15) is 11.1 Å². The highest BCUT2D eigenvalue weighted by molar-refractivity contribution is 9.10. The molecule has 1 aromatic carbocycles. The molecule has 1 rings (SSSR count). The minimum Gasteiger partial charge on any atom is -0.478 e. The van der Waals surface area contributed by atoms with Crippen molar-refractivity contribution in [1.29, 1.82) is 0 Å². The van der Waals surface area contributed by atoms with Crippen LogP contribution in [-0.2, 0) is 4.79 Å². The summed E-state index contributed by atoms with van der Waals surface area (Å²) in [7, 11) is 0. The average Bonchev–Trinajstić information content (AvgIpc) is 2.18. The van der Waals surface area contributed by atoms with Crippen LogP contribution in [0.15, 0.2) is 22.7 Å². The van der Waals surface area contributed by atoms with Crippen molar-refractivity contribution in [3.8, 4) is 0 Å². The summed E-state index contributed by atoms with van der Waals surface area (Å²) in [5.74, 6) is -1.15. The molecule has 0 heterocycles. The molecule has 0 aromatic heterocycles. The molecule has 84 valence electrons. The van der Waals surface area contributed by atoms with Gasteiger partial charge in [-0.15, -0.1) is 0 Å². The van der Waals surface area contributed by atoms with Crippen molar-refractivity contribution >= 4 is 33.7 Å². The number of nitrogens with zero attached hydrogens (tertiary/aromatic N) is 1. The van der Waals surface area contributed by atoms with E-state index in [1.807, 2.05) is 0 Å². The number of aryl methyl sites for hydroxylation is 1. The van der Waals surface area contributed by atoms with Gasteiger partial charge in [-0.25, -0.2) is 4.79 Å². The minimum atomic E-state index is -1.15. The smallest absolute Gasteiger partial charge is 0.328 e. The number of nitro benzene ring substituents is 1. The quantitative estimate of drug-likeness (QED) is 0.526. The van der Waals surface area contributed by atoms with Crippen LogP contribution in [-0.4, -0.2) is 16.0 Å². The molecule has 0 atom stereocenters. The molecule has 0 fully saturated rings. The zero-order chi connectivity index (χ0) is 12.3. The number of hydrogen-bond donors (Lipinski definition) is 1. The molecule has 0 amide bonds. The second kappa shape index (κ2) is 4.89. The van der Waals surface area contributed by atoms with Gasteiger partial charge in [-0.2, -0.15) is 0 Å². The third-order valence-corrected chi connectivity index (χ3v) is 2.76. The first-order valence-corrected chi connectivity index (χ1v) is 5.06. The third kappa shape index (κ3) is 2.90. The minimum absolute atomic E-state index is 0.113. The Hall–Kier alpha value is -1.69. The van der Waals surface area contributed by atoms with E-state index in [-0.39, 0.29) is 11.3 Å². The molecule has 16 heavy (non-hydrogen) atoms. The molecule has 0 aliphatic heterocycles. The summed E-state index contributed by atoms with van der Waals surface area (Å²) < 4.78 is 0.697. The second-order valence-electron chi connectivity index (χ2n) is 3.09. The van der Waals surface area contributed by atoms with Gasteiger partial charge in [0.05, 0.1) is 10.5 Å². The van der Waals surface area contributed by atoms with Crippen LogP contribution in [0.2, 0.25) is 0 Å². The van der Waals surface area contributed by atoms with E-state index in [0.29, 0.717) is 4.47 Å². The largest absolute Gasteiger partial charge is 0.478 e. The molecule has 1 N–H and O–H groups in total. The molecule has 5 nitrogen and oxygen atoms in total. The van der Waals surface area contributed by atoms with Gasteiger partial charge in [0.2, 0.25) is 0 Å². The van der Waals surface area contributed by atoms with Crippen molar-refractivity contribution in [2.24, 2.45) is 0 Å². The molecule has 0 saturated carbocycles. The van der Waals surface area contributed by atoms with Gasteiger partial charge in [0.25, 0.3) is 5.69 Å². The summed E-state index contributed by atoms with van der Waals surface area (Å²) in [6, 6.07) is 2.92. The second-order valence-corrected chi connectivity index (χ2v) is 3.94. The lowest BCUT2D eigenvalue weighted by molar-refractivity contribution is -0.385. The lowest BCUT2D eigenvalue weighted by atomic mass is 10.1. The first-order valence-electron chi connectivity index (χ1n) is 4.27. The summed E-state index contributed by atoms with van der Waals surface area (Å²) in [6.45, 7) is 1.72. The zero-order valence-corrected chi connectivity index (χ0v) is 9.89. The molecule has 0 unspecified atom stereocenters. The van der Waals surface area contributed by atoms with Gasteiger partial charge in [0.15, 0.2) is 0 Å². The number of aliphatic carboxylic acids is 1. The normalized spacial score (nSPS) is 10.6. The van der Waals surface area contributed by atoms with Crippen molar-refractivity contribution < 1.29 is 14.8 Å². The van der Waals surface area contributed by atoms with Crippen molar-refractivity contribution in [3.05, 3.63) is 43.9 Å². The number of nitro groups is 1. The molecular formula is C10H8BrNO4. The Bertz CT molecular complexity index is 482. The van der Waals surface area contributed by atoms with E-state index in [4.69, 9.17) is 5.11 Å². The van der Waals surface area contributed by atoms with Crippen molar-refractivity contribution in [3.63, 3.8) is 0 Å². The molecule has 0 saturated heterocycles. The average molecular weight is 286 g/mol. The fraction of sp³-hybridized carbons (Fsp3) is 0.100. The lowest BCUT2D eigenvalue weighted by Gasteiger charge is -2.01. The number of halogens is 1. The Kier molecular flexibility index (Phi) is 3.78. The van der Waals surface area contributed by atoms with E-state index in [0.717, 1.165) is 11.6 Å². The van der Waals surface area contributed by atoms with Crippen LogP contribution in [0.5, 0.6) is 0 Å². The molecule has 0 bridgehead atoms. The molecule has 0 aliphatic rings. The van der Waals surface area contributed by atoms with Crippen molar-refractivity contribution in [2.45, 2.75) is 6.92 Å². The molecule has 0 aliphatic carbocycles. The van der Waals surface area contributed by atoms with Crippen LogP contribution < -0.4 is 0 Å². The maximum atomic E-state index is 10.7. The van der Waals surface area contributed by atoms with E-state index in [1.165, 1.54) is 18.2 Å². The highest BCUT2D eigenvalue weighted by Crippen LogP contribution is 2.27. The SMILES string of the molecule is Cc1cc([N+](=O)[O-])c(/C=C/C(=O)O)cc1Br. The monoisotopic (exact) mass is 285 g/mol. The maximum Gasteiger partial charge on any atom is 0.328 e. The van der Waals surface area contributed by atoms with Crippen LogP contribution in [0.4, 0.5) is 5.69 Å². The van der Waals surface area contributed by atoms with E-state index in [1.54, 1.807) is 6.92 Å². The summed E-state index contributed by atoms with van der Waals surface area (Å²) in [5, 5.41) is 19.2. The van der Waals surface area contributed by atoms with Gasteiger partial charge in [0.1, 0.15) is 0 Å². The van der Waals surface area contributed by atoms with Gasteiger partial charge in [-0.05, 0) is 24.6 Å². The van der Waals surface area contributed by atoms with Gasteiger partial charge in [-0.3, -0.25) is 10.1 Å². The Morgan fingerprint density at radius 1 is 1.56 bits per heavy atom. The number of rotatable bonds is 3. The van der Waals surface area contributed by atoms with Crippen LogP contribution in [0.3, 0.4) is 0 Å². The first-order chi connectivity index (χ1) is 7.41. The Morgan fingerprint density at radius 3 is 2.69 bits per heavy atom. The number of carboxylic acids is 1. The predicted molar refractivity (Wildman–Crippen MR) is 62.2 cm³/mol. The number of carboxylic acid groups (broad SMARTS) is 1. The van der Waals surface area contributed by atoms with Crippen LogP contribution in [0, 0.1) is 17.0 Å². The van der Waals surface area contributed by atoms with E-state index in [2.05, 4.69) is 15.9 Å². The van der Waals surface area contributed by atoms with Gasteiger partial charge >= 0.3 is 5.97 Å².